The lowest BCUT2D eigenvalue weighted by atomic mass is 10.0. The van der Waals surface area contributed by atoms with Gasteiger partial charge in [-0.05, 0) is 75.4 Å². The van der Waals surface area contributed by atoms with Gasteiger partial charge in [0.25, 0.3) is 5.91 Å². The molecule has 2 aliphatic rings. The standard InChI is InChI=1S/C28H34N4O3/c1-28(2,3)32-26(15-25(30-32)19-8-10-22(33)13-19)29-21-9-7-20-17-31(27(34)24(20)14-21)16-18-5-11-23(35-4)12-6-18/h5-7,9,11-12,14-15,19,22,29,33H,8,10,13,16-17H2,1-4H3/t19-,22+/m0/s1. The van der Waals surface area contributed by atoms with Gasteiger partial charge in [0.05, 0.1) is 24.4 Å². The van der Waals surface area contributed by atoms with E-state index in [1.807, 2.05) is 52.0 Å². The molecule has 7 heteroatoms. The van der Waals surface area contributed by atoms with Gasteiger partial charge in [-0.15, -0.1) is 0 Å². The first-order valence-electron chi connectivity index (χ1n) is 12.3. The number of anilines is 2. The normalized spacial score (nSPS) is 19.8. The predicted molar refractivity (Wildman–Crippen MR) is 136 cm³/mol. The number of aliphatic hydroxyl groups is 1. The van der Waals surface area contributed by atoms with Crippen molar-refractivity contribution in [3.05, 3.63) is 70.9 Å². The number of ether oxygens (including phenoxy) is 1. The second kappa shape index (κ2) is 9.04. The zero-order chi connectivity index (χ0) is 24.7. The predicted octanol–water partition coefficient (Wildman–Crippen LogP) is 5.17. The number of hydrogen-bond acceptors (Lipinski definition) is 5. The van der Waals surface area contributed by atoms with Crippen molar-refractivity contribution in [2.24, 2.45) is 0 Å². The summed E-state index contributed by atoms with van der Waals surface area (Å²) in [6.45, 7) is 7.55. The average Bonchev–Trinajstić information content (AvgIpc) is 3.52. The number of aromatic nitrogens is 2. The molecule has 1 aliphatic carbocycles. The van der Waals surface area contributed by atoms with Gasteiger partial charge >= 0.3 is 0 Å². The smallest absolute Gasteiger partial charge is 0.254 e. The van der Waals surface area contributed by atoms with Gasteiger partial charge in [-0.1, -0.05) is 18.2 Å². The van der Waals surface area contributed by atoms with Crippen molar-refractivity contribution in [1.29, 1.82) is 0 Å². The number of hydrogen-bond donors (Lipinski definition) is 2. The molecule has 0 saturated heterocycles. The number of aliphatic hydroxyl groups excluding tert-OH is 1. The van der Waals surface area contributed by atoms with Crippen molar-refractivity contribution in [3.8, 4) is 5.75 Å². The maximum absolute atomic E-state index is 13.2. The molecule has 2 aromatic carbocycles. The quantitative estimate of drug-likeness (QED) is 0.515. The van der Waals surface area contributed by atoms with Gasteiger partial charge in [0.15, 0.2) is 0 Å². The van der Waals surface area contributed by atoms with Gasteiger partial charge < -0.3 is 20.1 Å². The maximum Gasteiger partial charge on any atom is 0.254 e. The molecule has 2 atom stereocenters. The Hall–Kier alpha value is -3.32. The summed E-state index contributed by atoms with van der Waals surface area (Å²) in [5.74, 6) is 2.03. The Balaban J connectivity index is 1.35. The summed E-state index contributed by atoms with van der Waals surface area (Å²) in [6, 6.07) is 15.9. The first-order chi connectivity index (χ1) is 16.7. The number of carbonyl (C=O) groups excluding carboxylic acids is 1. The largest absolute Gasteiger partial charge is 0.497 e. The Morgan fingerprint density at radius 1 is 1.11 bits per heavy atom. The van der Waals surface area contributed by atoms with E-state index >= 15 is 0 Å². The molecule has 0 bridgehead atoms. The minimum absolute atomic E-state index is 0.0458. The van der Waals surface area contributed by atoms with Crippen LogP contribution in [-0.2, 0) is 18.6 Å². The van der Waals surface area contributed by atoms with E-state index in [-0.39, 0.29) is 23.5 Å². The fourth-order valence-corrected chi connectivity index (χ4v) is 5.09. The van der Waals surface area contributed by atoms with Crippen LogP contribution in [0.4, 0.5) is 11.5 Å². The summed E-state index contributed by atoms with van der Waals surface area (Å²) in [6.07, 6.45) is 2.31. The highest BCUT2D eigenvalue weighted by Gasteiger charge is 2.30. The molecule has 1 saturated carbocycles. The molecule has 7 nitrogen and oxygen atoms in total. The molecule has 1 fully saturated rings. The minimum Gasteiger partial charge on any atom is -0.497 e. The topological polar surface area (TPSA) is 79.6 Å². The van der Waals surface area contributed by atoms with Crippen molar-refractivity contribution >= 4 is 17.4 Å². The fraction of sp³-hybridized carbons (Fsp3) is 0.429. The SMILES string of the molecule is COc1ccc(CN2Cc3ccc(Nc4cc([C@H]5CC[C@@H](O)C5)nn4C(C)(C)C)cc3C2=O)cc1. The van der Waals surface area contributed by atoms with Gasteiger partial charge in [-0.25, -0.2) is 4.68 Å². The third-order valence-corrected chi connectivity index (χ3v) is 6.98. The van der Waals surface area contributed by atoms with Gasteiger partial charge in [0.2, 0.25) is 0 Å². The molecule has 1 aromatic heterocycles. The average molecular weight is 475 g/mol. The number of amides is 1. The van der Waals surface area contributed by atoms with Crippen LogP contribution in [0.25, 0.3) is 0 Å². The number of nitrogens with one attached hydrogen (secondary N) is 1. The van der Waals surface area contributed by atoms with Crippen molar-refractivity contribution in [2.75, 3.05) is 12.4 Å². The Morgan fingerprint density at radius 3 is 2.54 bits per heavy atom. The van der Waals surface area contributed by atoms with E-state index in [2.05, 4.69) is 32.2 Å². The van der Waals surface area contributed by atoms with Crippen molar-refractivity contribution in [2.45, 2.75) is 70.7 Å². The highest BCUT2D eigenvalue weighted by molar-refractivity contribution is 5.99. The maximum atomic E-state index is 13.2. The highest BCUT2D eigenvalue weighted by atomic mass is 16.5. The van der Waals surface area contributed by atoms with E-state index in [9.17, 15) is 9.90 Å². The third kappa shape index (κ3) is 4.78. The fourth-order valence-electron chi connectivity index (χ4n) is 5.09. The summed E-state index contributed by atoms with van der Waals surface area (Å²) in [7, 11) is 1.65. The monoisotopic (exact) mass is 474 g/mol. The Kier molecular flexibility index (Phi) is 6.05. The van der Waals surface area contributed by atoms with E-state index in [1.165, 1.54) is 0 Å². The second-order valence-electron chi connectivity index (χ2n) is 10.7. The molecule has 2 N–H and O–H groups in total. The number of nitrogens with zero attached hydrogens (tertiary/aromatic N) is 3. The summed E-state index contributed by atoms with van der Waals surface area (Å²) in [4.78, 5) is 15.1. The molecular formula is C28H34N4O3. The van der Waals surface area contributed by atoms with Gasteiger partial charge in [0.1, 0.15) is 11.6 Å². The molecule has 1 aliphatic heterocycles. The molecule has 0 unspecified atom stereocenters. The molecule has 35 heavy (non-hydrogen) atoms. The van der Waals surface area contributed by atoms with Crippen molar-refractivity contribution in [3.63, 3.8) is 0 Å². The molecule has 0 radical (unpaired) electrons. The van der Waals surface area contributed by atoms with Crippen LogP contribution >= 0.6 is 0 Å². The van der Waals surface area contributed by atoms with E-state index in [0.29, 0.717) is 13.1 Å². The molecule has 0 spiro atoms. The Labute approximate surface area is 206 Å². The lowest BCUT2D eigenvalue weighted by Crippen LogP contribution is -2.25. The first-order valence-corrected chi connectivity index (χ1v) is 12.3. The van der Waals surface area contributed by atoms with Gasteiger partial charge in [-0.2, -0.15) is 5.10 Å². The lowest BCUT2D eigenvalue weighted by molar-refractivity contribution is 0.0766. The van der Waals surface area contributed by atoms with E-state index in [1.54, 1.807) is 7.11 Å². The molecule has 3 aromatic rings. The van der Waals surface area contributed by atoms with Gasteiger partial charge in [0, 0.05) is 36.3 Å². The van der Waals surface area contributed by atoms with Crippen molar-refractivity contribution in [1.82, 2.24) is 14.7 Å². The van der Waals surface area contributed by atoms with E-state index in [0.717, 1.165) is 58.9 Å². The molecule has 5 rings (SSSR count). The summed E-state index contributed by atoms with van der Waals surface area (Å²) < 4.78 is 7.24. The van der Waals surface area contributed by atoms with E-state index < -0.39 is 0 Å². The zero-order valence-corrected chi connectivity index (χ0v) is 20.9. The van der Waals surface area contributed by atoms with Crippen LogP contribution in [0.3, 0.4) is 0 Å². The molecule has 1 amide bonds. The van der Waals surface area contributed by atoms with E-state index in [4.69, 9.17) is 9.84 Å². The van der Waals surface area contributed by atoms with Crippen LogP contribution in [0.2, 0.25) is 0 Å². The number of fused-ring (bicyclic) bond motifs is 1. The van der Waals surface area contributed by atoms with Crippen LogP contribution in [0.15, 0.2) is 48.5 Å². The number of rotatable bonds is 6. The van der Waals surface area contributed by atoms with Crippen LogP contribution in [0, 0.1) is 0 Å². The number of methoxy groups -OCH3 is 1. The number of carbonyl (C=O) groups is 1. The van der Waals surface area contributed by atoms with Gasteiger partial charge in [-0.3, -0.25) is 4.79 Å². The number of benzene rings is 2. The first kappa shape index (κ1) is 23.4. The molecular weight excluding hydrogens is 440 g/mol. The van der Waals surface area contributed by atoms with Crippen molar-refractivity contribution < 1.29 is 14.6 Å². The van der Waals surface area contributed by atoms with Crippen LogP contribution in [0.5, 0.6) is 5.75 Å². The highest BCUT2D eigenvalue weighted by Crippen LogP contribution is 2.37. The van der Waals surface area contributed by atoms with Crippen LogP contribution in [0.1, 0.15) is 73.1 Å². The zero-order valence-electron chi connectivity index (χ0n) is 20.9. The van der Waals surface area contributed by atoms with Crippen LogP contribution < -0.4 is 10.1 Å². The lowest BCUT2D eigenvalue weighted by Gasteiger charge is -2.23. The summed E-state index contributed by atoms with van der Waals surface area (Å²) >= 11 is 0. The molecule has 2 heterocycles. The second-order valence-corrected chi connectivity index (χ2v) is 10.7. The summed E-state index contributed by atoms with van der Waals surface area (Å²) in [5.41, 5.74) is 4.53. The Bertz CT molecular complexity index is 1230. The summed E-state index contributed by atoms with van der Waals surface area (Å²) in [5, 5.41) is 18.4. The third-order valence-electron chi connectivity index (χ3n) is 6.98. The minimum atomic E-state index is -0.236. The molecule has 184 valence electrons. The van der Waals surface area contributed by atoms with Crippen LogP contribution in [-0.4, -0.2) is 38.9 Å². The Morgan fingerprint density at radius 2 is 1.89 bits per heavy atom.